The molecule has 0 aliphatic heterocycles. The van der Waals surface area contributed by atoms with Gasteiger partial charge in [-0.2, -0.15) is 0 Å². The Morgan fingerprint density at radius 1 is 1.30 bits per heavy atom. The highest BCUT2D eigenvalue weighted by Crippen LogP contribution is 2.24. The van der Waals surface area contributed by atoms with Crippen LogP contribution in [0, 0.1) is 0 Å². The average molecular weight is 171 g/mol. The van der Waals surface area contributed by atoms with Crippen molar-refractivity contribution >= 4 is 23.5 Å². The molecule has 0 aromatic carbocycles. The molecule has 0 aliphatic rings. The van der Waals surface area contributed by atoms with E-state index in [0.29, 0.717) is 0 Å². The van der Waals surface area contributed by atoms with Gasteiger partial charge in [-0.15, -0.1) is 23.5 Å². The fourth-order valence-electron chi connectivity index (χ4n) is 0.685. The van der Waals surface area contributed by atoms with Gasteiger partial charge < -0.3 is 0 Å². The fourth-order valence-corrected chi connectivity index (χ4v) is 2.06. The molecule has 0 radical (unpaired) electrons. The van der Waals surface area contributed by atoms with Gasteiger partial charge in [0, 0.05) is 11.1 Å². The lowest BCUT2D eigenvalue weighted by atomic mass is 10.5. The molecule has 0 unspecified atom stereocenters. The summed E-state index contributed by atoms with van der Waals surface area (Å²) in [6.45, 7) is 0. The van der Waals surface area contributed by atoms with Crippen molar-refractivity contribution in [1.82, 2.24) is 4.98 Å². The van der Waals surface area contributed by atoms with E-state index in [9.17, 15) is 0 Å². The predicted octanol–water partition coefficient (Wildman–Crippen LogP) is 2.53. The molecule has 0 N–H and O–H groups in total. The second-order valence-electron chi connectivity index (χ2n) is 1.71. The monoisotopic (exact) mass is 171 g/mol. The van der Waals surface area contributed by atoms with Crippen molar-refractivity contribution in [3.05, 3.63) is 18.3 Å². The van der Waals surface area contributed by atoms with E-state index in [1.54, 1.807) is 23.5 Å². The van der Waals surface area contributed by atoms with Crippen LogP contribution < -0.4 is 0 Å². The predicted molar refractivity (Wildman–Crippen MR) is 47.8 cm³/mol. The number of aromatic nitrogens is 1. The highest BCUT2D eigenvalue weighted by molar-refractivity contribution is 8.01. The first-order chi connectivity index (χ1) is 4.88. The molecule has 0 fully saturated rings. The van der Waals surface area contributed by atoms with Gasteiger partial charge in [-0.3, -0.25) is 0 Å². The fraction of sp³-hybridized carbons (Fsp3) is 0.286. The molecule has 1 heterocycles. The third kappa shape index (κ3) is 1.67. The van der Waals surface area contributed by atoms with Crippen LogP contribution in [-0.2, 0) is 0 Å². The molecule has 10 heavy (non-hydrogen) atoms. The van der Waals surface area contributed by atoms with Gasteiger partial charge in [0.05, 0.1) is 0 Å². The maximum Gasteiger partial charge on any atom is 0.109 e. The Morgan fingerprint density at radius 2 is 2.10 bits per heavy atom. The van der Waals surface area contributed by atoms with E-state index in [0.717, 1.165) is 5.03 Å². The van der Waals surface area contributed by atoms with Crippen LogP contribution in [0.5, 0.6) is 0 Å². The minimum atomic E-state index is 1.12. The van der Waals surface area contributed by atoms with Crippen LogP contribution in [0.15, 0.2) is 28.3 Å². The van der Waals surface area contributed by atoms with Crippen LogP contribution >= 0.6 is 23.5 Å². The molecule has 1 rings (SSSR count). The summed E-state index contributed by atoms with van der Waals surface area (Å²) >= 11 is 3.42. The molecule has 0 spiro atoms. The molecular weight excluding hydrogens is 162 g/mol. The Kier molecular flexibility index (Phi) is 3.09. The van der Waals surface area contributed by atoms with Crippen LogP contribution in [-0.4, -0.2) is 17.5 Å². The number of hydrogen-bond donors (Lipinski definition) is 0. The van der Waals surface area contributed by atoms with E-state index in [1.165, 1.54) is 4.90 Å². The smallest absolute Gasteiger partial charge is 0.109 e. The Hall–Kier alpha value is -0.150. The minimum Gasteiger partial charge on any atom is -0.249 e. The lowest BCUT2D eigenvalue weighted by Crippen LogP contribution is -1.79. The molecule has 54 valence electrons. The third-order valence-corrected chi connectivity index (χ3v) is 2.76. The Bertz CT molecular complexity index is 190. The number of nitrogens with zero attached hydrogens (tertiary/aromatic N) is 1. The van der Waals surface area contributed by atoms with E-state index in [1.807, 2.05) is 18.5 Å². The van der Waals surface area contributed by atoms with Crippen LogP contribution in [0.25, 0.3) is 0 Å². The molecule has 0 bridgehead atoms. The molecular formula is C7H9NS2. The maximum absolute atomic E-state index is 4.21. The van der Waals surface area contributed by atoms with Gasteiger partial charge in [0.1, 0.15) is 5.03 Å². The zero-order chi connectivity index (χ0) is 7.40. The van der Waals surface area contributed by atoms with Gasteiger partial charge in [0.25, 0.3) is 0 Å². The van der Waals surface area contributed by atoms with E-state index in [-0.39, 0.29) is 0 Å². The van der Waals surface area contributed by atoms with Crippen molar-refractivity contribution in [2.24, 2.45) is 0 Å². The maximum atomic E-state index is 4.21. The van der Waals surface area contributed by atoms with Gasteiger partial charge in [0.2, 0.25) is 0 Å². The summed E-state index contributed by atoms with van der Waals surface area (Å²) < 4.78 is 0. The molecule has 0 atom stereocenters. The molecule has 1 aromatic rings. The van der Waals surface area contributed by atoms with Gasteiger partial charge >= 0.3 is 0 Å². The Balaban J connectivity index is 2.96. The molecule has 1 nitrogen and oxygen atoms in total. The zero-order valence-electron chi connectivity index (χ0n) is 6.00. The van der Waals surface area contributed by atoms with Crippen LogP contribution in [0.1, 0.15) is 0 Å². The summed E-state index contributed by atoms with van der Waals surface area (Å²) in [5.74, 6) is 0. The topological polar surface area (TPSA) is 12.9 Å². The molecule has 1 aromatic heterocycles. The zero-order valence-corrected chi connectivity index (χ0v) is 7.63. The minimum absolute atomic E-state index is 1.12. The summed E-state index contributed by atoms with van der Waals surface area (Å²) in [6.07, 6.45) is 5.93. The van der Waals surface area contributed by atoms with Gasteiger partial charge in [-0.25, -0.2) is 4.98 Å². The Morgan fingerprint density at radius 3 is 2.60 bits per heavy atom. The summed E-state index contributed by atoms with van der Waals surface area (Å²) in [5.41, 5.74) is 0. The normalized spacial score (nSPS) is 9.80. The lowest BCUT2D eigenvalue weighted by Gasteiger charge is -1.99. The SMILES string of the molecule is CSc1cccnc1SC. The molecule has 0 amide bonds. The highest BCUT2D eigenvalue weighted by Gasteiger charge is 1.97. The van der Waals surface area contributed by atoms with Crippen LogP contribution in [0.4, 0.5) is 0 Å². The van der Waals surface area contributed by atoms with Crippen LogP contribution in [0.3, 0.4) is 0 Å². The van der Waals surface area contributed by atoms with Crippen molar-refractivity contribution in [1.29, 1.82) is 0 Å². The standard InChI is InChI=1S/C7H9NS2/c1-9-6-4-3-5-8-7(6)10-2/h3-5H,1-2H3. The first kappa shape index (κ1) is 7.95. The van der Waals surface area contributed by atoms with Crippen molar-refractivity contribution < 1.29 is 0 Å². The third-order valence-electron chi connectivity index (χ3n) is 1.15. The van der Waals surface area contributed by atoms with E-state index < -0.39 is 0 Å². The van der Waals surface area contributed by atoms with E-state index in [4.69, 9.17) is 0 Å². The molecule has 0 saturated carbocycles. The number of hydrogen-bond acceptors (Lipinski definition) is 3. The average Bonchev–Trinajstić information content (AvgIpc) is 2.04. The van der Waals surface area contributed by atoms with E-state index in [2.05, 4.69) is 17.3 Å². The van der Waals surface area contributed by atoms with Gasteiger partial charge in [0.15, 0.2) is 0 Å². The second-order valence-corrected chi connectivity index (χ2v) is 3.36. The molecule has 0 saturated heterocycles. The first-order valence-electron chi connectivity index (χ1n) is 2.91. The van der Waals surface area contributed by atoms with E-state index >= 15 is 0 Å². The van der Waals surface area contributed by atoms with Crippen molar-refractivity contribution in [3.8, 4) is 0 Å². The van der Waals surface area contributed by atoms with Crippen LogP contribution in [0.2, 0.25) is 0 Å². The number of rotatable bonds is 2. The van der Waals surface area contributed by atoms with Crippen molar-refractivity contribution in [3.63, 3.8) is 0 Å². The second kappa shape index (κ2) is 3.88. The highest BCUT2D eigenvalue weighted by atomic mass is 32.2. The van der Waals surface area contributed by atoms with Crippen molar-refractivity contribution in [2.45, 2.75) is 9.92 Å². The summed E-state index contributed by atoms with van der Waals surface area (Å²) in [4.78, 5) is 5.47. The summed E-state index contributed by atoms with van der Waals surface area (Å²) in [7, 11) is 0. The number of thioether (sulfide) groups is 2. The lowest BCUT2D eigenvalue weighted by molar-refractivity contribution is 1.04. The quantitative estimate of drug-likeness (QED) is 0.635. The van der Waals surface area contributed by atoms with Gasteiger partial charge in [-0.05, 0) is 24.6 Å². The first-order valence-corrected chi connectivity index (χ1v) is 5.36. The Labute approximate surface area is 69.6 Å². The largest absolute Gasteiger partial charge is 0.249 e. The molecule has 0 aliphatic carbocycles. The van der Waals surface area contributed by atoms with Gasteiger partial charge in [-0.1, -0.05) is 0 Å². The van der Waals surface area contributed by atoms with Crippen molar-refractivity contribution in [2.75, 3.05) is 12.5 Å². The molecule has 3 heteroatoms. The number of pyridine rings is 1. The summed E-state index contributed by atoms with van der Waals surface area (Å²) in [5, 5.41) is 1.12. The summed E-state index contributed by atoms with van der Waals surface area (Å²) in [6, 6.07) is 4.05.